The van der Waals surface area contributed by atoms with E-state index in [9.17, 15) is 14.4 Å². The number of fused-ring (bicyclic) bond motifs is 1. The molecule has 0 aliphatic carbocycles. The molecule has 1 aliphatic rings. The number of nitrogens with zero attached hydrogens (tertiary/aromatic N) is 2. The minimum atomic E-state index is -0.497. The van der Waals surface area contributed by atoms with Gasteiger partial charge in [0.25, 0.3) is 17.4 Å². The predicted octanol–water partition coefficient (Wildman–Crippen LogP) is 6.25. The quantitative estimate of drug-likeness (QED) is 0.314. The van der Waals surface area contributed by atoms with Gasteiger partial charge in [0.15, 0.2) is 0 Å². The fraction of sp³-hybridized carbons (Fsp3) is 0.167. The van der Waals surface area contributed by atoms with Crippen LogP contribution in [-0.4, -0.2) is 21.3 Å². The van der Waals surface area contributed by atoms with Crippen molar-refractivity contribution < 1.29 is 9.59 Å². The number of para-hydroxylation sites is 1. The van der Waals surface area contributed by atoms with Crippen LogP contribution in [0.1, 0.15) is 52.7 Å². The molecule has 5 nitrogen and oxygen atoms in total. The third-order valence-corrected chi connectivity index (χ3v) is 6.67. The smallest absolute Gasteiger partial charge is 0.271 e. The molecule has 0 fully saturated rings. The van der Waals surface area contributed by atoms with Crippen LogP contribution < -0.4 is 5.56 Å². The normalized spacial score (nSPS) is 13.3. The Morgan fingerprint density at radius 3 is 2.08 bits per heavy atom. The molecular weight excluding hydrogens is 472 g/mol. The molecule has 0 saturated carbocycles. The zero-order valence-corrected chi connectivity index (χ0v) is 21.0. The summed E-state index contributed by atoms with van der Waals surface area (Å²) in [6.45, 7) is 6.23. The van der Waals surface area contributed by atoms with Gasteiger partial charge in [-0.2, -0.15) is 0 Å². The molecule has 3 aromatic carbocycles. The average molecular weight is 497 g/mol. The Morgan fingerprint density at radius 2 is 1.42 bits per heavy atom. The summed E-state index contributed by atoms with van der Waals surface area (Å²) in [5.74, 6) is -0.922. The van der Waals surface area contributed by atoms with E-state index in [-0.39, 0.29) is 28.8 Å². The van der Waals surface area contributed by atoms with Crippen LogP contribution in [0.5, 0.6) is 0 Å². The van der Waals surface area contributed by atoms with E-state index in [0.717, 1.165) is 11.1 Å². The van der Waals surface area contributed by atoms with Crippen molar-refractivity contribution in [2.75, 3.05) is 0 Å². The molecule has 0 unspecified atom stereocenters. The molecule has 2 amide bonds. The number of rotatable bonds is 4. The second-order valence-corrected chi connectivity index (χ2v) is 10.3. The largest absolute Gasteiger partial charge is 0.278 e. The van der Waals surface area contributed by atoms with Gasteiger partial charge in [0.05, 0.1) is 17.8 Å². The average Bonchev–Trinajstić information content (AvgIpc) is 3.10. The highest BCUT2D eigenvalue weighted by molar-refractivity contribution is 6.30. The number of hydrogen-bond acceptors (Lipinski definition) is 3. The molecule has 1 aliphatic heterocycles. The highest BCUT2D eigenvalue weighted by Gasteiger charge is 2.41. The van der Waals surface area contributed by atoms with Crippen LogP contribution in [0.25, 0.3) is 16.8 Å². The molecule has 4 aromatic rings. The predicted molar refractivity (Wildman–Crippen MR) is 142 cm³/mol. The first-order valence-corrected chi connectivity index (χ1v) is 12.1. The van der Waals surface area contributed by atoms with Crippen LogP contribution in [0, 0.1) is 0 Å². The van der Waals surface area contributed by atoms with Gasteiger partial charge in [-0.1, -0.05) is 93.0 Å². The highest BCUT2D eigenvalue weighted by Crippen LogP contribution is 2.36. The molecule has 0 atom stereocenters. The maximum absolute atomic E-state index is 13.9. The van der Waals surface area contributed by atoms with Crippen LogP contribution in [0.2, 0.25) is 5.02 Å². The Bertz CT molecular complexity index is 1550. The Morgan fingerprint density at radius 1 is 0.778 bits per heavy atom. The Labute approximate surface area is 214 Å². The standard InChI is InChI=1S/C30H25ClN2O3/c1-30(2,3)23-11-7-8-12-24(23)33-25(34)17-22(20-9-5-4-6-10-20)26-27(33)29(36)32(28(26)35)18-19-13-15-21(31)16-14-19/h4-17H,18H2,1-3H3. The number of pyridine rings is 1. The molecule has 0 N–H and O–H groups in total. The fourth-order valence-electron chi connectivity index (χ4n) is 4.69. The van der Waals surface area contributed by atoms with Crippen molar-refractivity contribution in [2.45, 2.75) is 32.7 Å². The van der Waals surface area contributed by atoms with Crippen molar-refractivity contribution in [1.82, 2.24) is 9.47 Å². The van der Waals surface area contributed by atoms with Gasteiger partial charge >= 0.3 is 0 Å². The van der Waals surface area contributed by atoms with Gasteiger partial charge in [-0.05, 0) is 40.3 Å². The van der Waals surface area contributed by atoms with E-state index < -0.39 is 11.8 Å². The molecular formula is C30H25ClN2O3. The molecule has 36 heavy (non-hydrogen) atoms. The minimum absolute atomic E-state index is 0.0762. The zero-order valence-electron chi connectivity index (χ0n) is 20.3. The minimum Gasteiger partial charge on any atom is -0.271 e. The van der Waals surface area contributed by atoms with Crippen LogP contribution >= 0.6 is 11.6 Å². The first-order valence-electron chi connectivity index (χ1n) is 11.7. The first kappa shape index (κ1) is 23.8. The van der Waals surface area contributed by atoms with E-state index in [1.165, 1.54) is 15.5 Å². The van der Waals surface area contributed by atoms with Gasteiger partial charge in [0.1, 0.15) is 5.69 Å². The Kier molecular flexibility index (Phi) is 5.89. The summed E-state index contributed by atoms with van der Waals surface area (Å²) in [6.07, 6.45) is 0. The number of carbonyl (C=O) groups excluding carboxylic acids is 2. The van der Waals surface area contributed by atoms with Crippen molar-refractivity contribution >= 4 is 23.4 Å². The fourth-order valence-corrected chi connectivity index (χ4v) is 4.81. The molecule has 0 spiro atoms. The summed E-state index contributed by atoms with van der Waals surface area (Å²) in [6, 6.07) is 25.2. The van der Waals surface area contributed by atoms with Gasteiger partial charge in [-0.3, -0.25) is 23.9 Å². The van der Waals surface area contributed by atoms with Crippen LogP contribution in [0.15, 0.2) is 89.7 Å². The van der Waals surface area contributed by atoms with E-state index in [1.807, 2.05) is 54.6 Å². The number of amides is 2. The summed E-state index contributed by atoms with van der Waals surface area (Å²) < 4.78 is 1.41. The SMILES string of the molecule is CC(C)(C)c1ccccc1-n1c2c(c(-c3ccccc3)cc1=O)C(=O)N(Cc1ccc(Cl)cc1)C2=O. The van der Waals surface area contributed by atoms with Crippen molar-refractivity contribution in [3.8, 4) is 16.8 Å². The molecule has 6 heteroatoms. The molecule has 0 radical (unpaired) electrons. The zero-order chi connectivity index (χ0) is 25.6. The van der Waals surface area contributed by atoms with E-state index in [4.69, 9.17) is 11.6 Å². The summed E-state index contributed by atoms with van der Waals surface area (Å²) in [5.41, 5.74) is 3.10. The van der Waals surface area contributed by atoms with Crippen molar-refractivity contribution in [2.24, 2.45) is 0 Å². The summed E-state index contributed by atoms with van der Waals surface area (Å²) in [4.78, 5) is 42.6. The number of aromatic nitrogens is 1. The first-order chi connectivity index (χ1) is 17.2. The Hall–Kier alpha value is -3.96. The summed E-state index contributed by atoms with van der Waals surface area (Å²) in [7, 11) is 0. The monoisotopic (exact) mass is 496 g/mol. The van der Waals surface area contributed by atoms with Crippen LogP contribution in [0.4, 0.5) is 0 Å². The second-order valence-electron chi connectivity index (χ2n) is 9.91. The van der Waals surface area contributed by atoms with Crippen LogP contribution in [0.3, 0.4) is 0 Å². The number of imide groups is 1. The third kappa shape index (κ3) is 4.06. The third-order valence-electron chi connectivity index (χ3n) is 6.42. The van der Waals surface area contributed by atoms with E-state index in [1.54, 1.807) is 24.3 Å². The van der Waals surface area contributed by atoms with E-state index in [0.29, 0.717) is 21.8 Å². The lowest BCUT2D eigenvalue weighted by Gasteiger charge is -2.24. The van der Waals surface area contributed by atoms with Gasteiger partial charge in [-0.15, -0.1) is 0 Å². The molecule has 0 saturated heterocycles. The lowest BCUT2D eigenvalue weighted by molar-refractivity contribution is 0.0639. The van der Waals surface area contributed by atoms with Crippen molar-refractivity contribution in [3.63, 3.8) is 0 Å². The topological polar surface area (TPSA) is 59.4 Å². The molecule has 5 rings (SSSR count). The Balaban J connectivity index is 1.77. The maximum atomic E-state index is 13.9. The van der Waals surface area contributed by atoms with Crippen molar-refractivity contribution in [1.29, 1.82) is 0 Å². The van der Waals surface area contributed by atoms with Gasteiger partial charge < -0.3 is 0 Å². The maximum Gasteiger partial charge on any atom is 0.278 e. The molecule has 180 valence electrons. The van der Waals surface area contributed by atoms with E-state index in [2.05, 4.69) is 20.8 Å². The molecule has 0 bridgehead atoms. The van der Waals surface area contributed by atoms with Crippen LogP contribution in [-0.2, 0) is 12.0 Å². The molecule has 1 aromatic heterocycles. The summed E-state index contributed by atoms with van der Waals surface area (Å²) in [5, 5.41) is 0.570. The van der Waals surface area contributed by atoms with Crippen molar-refractivity contribution in [3.05, 3.63) is 123 Å². The lowest BCUT2D eigenvalue weighted by atomic mass is 9.85. The highest BCUT2D eigenvalue weighted by atomic mass is 35.5. The van der Waals surface area contributed by atoms with Gasteiger partial charge in [0, 0.05) is 16.7 Å². The second kappa shape index (κ2) is 8.92. The summed E-state index contributed by atoms with van der Waals surface area (Å²) >= 11 is 6.02. The number of halogens is 1. The number of hydrogen-bond donors (Lipinski definition) is 0. The number of benzene rings is 3. The molecule has 2 heterocycles. The van der Waals surface area contributed by atoms with Gasteiger partial charge in [0.2, 0.25) is 0 Å². The van der Waals surface area contributed by atoms with Gasteiger partial charge in [-0.25, -0.2) is 0 Å². The lowest BCUT2D eigenvalue weighted by Crippen LogP contribution is -2.31. The van der Waals surface area contributed by atoms with E-state index >= 15 is 0 Å². The number of carbonyl (C=O) groups is 2.